The molecule has 1 heterocycles. The number of hydrazone groups is 1. The smallest absolute Gasteiger partial charge is 0.307 e. The highest BCUT2D eigenvalue weighted by molar-refractivity contribution is 14.1. The van der Waals surface area contributed by atoms with E-state index in [1.165, 1.54) is 6.26 Å². The maximum Gasteiger partial charge on any atom is 0.307 e. The summed E-state index contributed by atoms with van der Waals surface area (Å²) in [4.78, 5) is 11.8. The molecule has 0 saturated carbocycles. The fraction of sp³-hybridized carbons (Fsp3) is 0.0526. The first-order chi connectivity index (χ1) is 13.4. The standard InChI is InChI=1S/C19H12Cl2I2N2O3/c20-13-4-3-12(14(21)8-13)10-28-18-15(22)6-11(7-16(18)23)9-24-25-19(26)17-2-1-5-27-17/h1-9H,10H2,(H,25,26)/b24-9-. The van der Waals surface area contributed by atoms with Crippen molar-refractivity contribution in [3.63, 3.8) is 0 Å². The first kappa shape index (κ1) is 21.4. The molecular weight excluding hydrogens is 629 g/mol. The predicted molar refractivity (Wildman–Crippen MR) is 126 cm³/mol. The van der Waals surface area contributed by atoms with Crippen LogP contribution in [0.3, 0.4) is 0 Å². The van der Waals surface area contributed by atoms with Crippen LogP contribution >= 0.6 is 68.4 Å². The van der Waals surface area contributed by atoms with Crippen LogP contribution in [0.1, 0.15) is 21.7 Å². The maximum atomic E-state index is 11.8. The number of benzene rings is 2. The fourth-order valence-corrected chi connectivity index (χ4v) is 4.80. The van der Waals surface area contributed by atoms with Gasteiger partial charge in [-0.25, -0.2) is 5.43 Å². The minimum Gasteiger partial charge on any atom is -0.487 e. The fourth-order valence-electron chi connectivity index (χ4n) is 2.21. The molecule has 1 amide bonds. The van der Waals surface area contributed by atoms with Gasteiger partial charge in [-0.05, 0) is 87.1 Å². The molecule has 0 radical (unpaired) electrons. The first-order valence-electron chi connectivity index (χ1n) is 7.86. The van der Waals surface area contributed by atoms with Crippen molar-refractivity contribution in [3.05, 3.63) is 82.8 Å². The Labute approximate surface area is 198 Å². The predicted octanol–water partition coefficient (Wildman–Crippen LogP) is 6.14. The van der Waals surface area contributed by atoms with E-state index in [0.717, 1.165) is 24.0 Å². The summed E-state index contributed by atoms with van der Waals surface area (Å²) in [6, 6.07) is 12.3. The number of halogens is 4. The number of nitrogens with one attached hydrogen (secondary N) is 1. The van der Waals surface area contributed by atoms with Gasteiger partial charge < -0.3 is 9.15 Å². The Bertz CT molecular complexity index is 1000. The molecule has 0 spiro atoms. The molecule has 1 aromatic heterocycles. The van der Waals surface area contributed by atoms with Gasteiger partial charge in [-0.1, -0.05) is 29.3 Å². The molecule has 3 aromatic rings. The van der Waals surface area contributed by atoms with E-state index in [0.29, 0.717) is 16.7 Å². The monoisotopic (exact) mass is 640 g/mol. The van der Waals surface area contributed by atoms with E-state index in [2.05, 4.69) is 55.7 Å². The molecule has 1 N–H and O–H groups in total. The van der Waals surface area contributed by atoms with E-state index in [9.17, 15) is 4.79 Å². The van der Waals surface area contributed by atoms with Crippen molar-refractivity contribution in [1.82, 2.24) is 5.43 Å². The second kappa shape index (κ2) is 9.95. The highest BCUT2D eigenvalue weighted by Gasteiger charge is 2.11. The second-order valence-corrected chi connectivity index (χ2v) is 8.68. The number of carbonyl (C=O) groups is 1. The van der Waals surface area contributed by atoms with Gasteiger partial charge in [0.05, 0.1) is 19.6 Å². The van der Waals surface area contributed by atoms with Crippen LogP contribution in [-0.4, -0.2) is 12.1 Å². The summed E-state index contributed by atoms with van der Waals surface area (Å²) in [6.07, 6.45) is 2.99. The van der Waals surface area contributed by atoms with E-state index in [-0.39, 0.29) is 5.76 Å². The largest absolute Gasteiger partial charge is 0.487 e. The molecule has 0 aliphatic rings. The van der Waals surface area contributed by atoms with Crippen molar-refractivity contribution in [2.75, 3.05) is 0 Å². The van der Waals surface area contributed by atoms with Gasteiger partial charge in [-0.15, -0.1) is 0 Å². The summed E-state index contributed by atoms with van der Waals surface area (Å²) in [5.41, 5.74) is 4.10. The van der Waals surface area contributed by atoms with Crippen molar-refractivity contribution >= 4 is 80.5 Å². The Kier molecular flexibility index (Phi) is 7.61. The van der Waals surface area contributed by atoms with Gasteiger partial charge in [-0.2, -0.15) is 5.10 Å². The Morgan fingerprint density at radius 1 is 1.18 bits per heavy atom. The van der Waals surface area contributed by atoms with Crippen LogP contribution < -0.4 is 10.2 Å². The lowest BCUT2D eigenvalue weighted by atomic mass is 10.2. The summed E-state index contributed by atoms with van der Waals surface area (Å²) in [7, 11) is 0. The first-order valence-corrected chi connectivity index (χ1v) is 10.8. The van der Waals surface area contributed by atoms with Gasteiger partial charge >= 0.3 is 5.91 Å². The van der Waals surface area contributed by atoms with Gasteiger partial charge in [0.1, 0.15) is 12.4 Å². The van der Waals surface area contributed by atoms with Crippen molar-refractivity contribution in [3.8, 4) is 5.75 Å². The molecule has 0 atom stereocenters. The maximum absolute atomic E-state index is 11.8. The van der Waals surface area contributed by atoms with Crippen molar-refractivity contribution in [2.45, 2.75) is 6.61 Å². The van der Waals surface area contributed by atoms with Gasteiger partial charge in [0.15, 0.2) is 5.76 Å². The molecule has 0 aliphatic heterocycles. The molecule has 28 heavy (non-hydrogen) atoms. The number of furan rings is 1. The molecule has 0 aliphatic carbocycles. The molecule has 0 bridgehead atoms. The van der Waals surface area contributed by atoms with Crippen LogP contribution in [0.15, 0.2) is 58.2 Å². The second-order valence-electron chi connectivity index (χ2n) is 5.51. The SMILES string of the molecule is O=C(N/N=C\c1cc(I)c(OCc2ccc(Cl)cc2Cl)c(I)c1)c1ccco1. The summed E-state index contributed by atoms with van der Waals surface area (Å²) in [6.45, 7) is 0.328. The molecule has 5 nitrogen and oxygen atoms in total. The molecule has 144 valence electrons. The van der Waals surface area contributed by atoms with Gasteiger partial charge in [0.2, 0.25) is 0 Å². The van der Waals surface area contributed by atoms with E-state index in [1.54, 1.807) is 30.5 Å². The molecule has 0 unspecified atom stereocenters. The molecule has 9 heteroatoms. The third-order valence-corrected chi connectivity index (χ3v) is 5.72. The summed E-state index contributed by atoms with van der Waals surface area (Å²) >= 11 is 16.5. The highest BCUT2D eigenvalue weighted by atomic mass is 127. The number of hydrogen-bond acceptors (Lipinski definition) is 4. The summed E-state index contributed by atoms with van der Waals surface area (Å²) < 4.78 is 12.8. The number of nitrogens with zero attached hydrogens (tertiary/aromatic N) is 1. The van der Waals surface area contributed by atoms with Gasteiger partial charge in [0.25, 0.3) is 0 Å². The van der Waals surface area contributed by atoms with E-state index in [1.807, 2.05) is 18.2 Å². The van der Waals surface area contributed by atoms with Crippen LogP contribution in [0, 0.1) is 7.14 Å². The lowest BCUT2D eigenvalue weighted by Gasteiger charge is -2.12. The number of ether oxygens (including phenoxy) is 1. The number of hydrogen-bond donors (Lipinski definition) is 1. The van der Waals surface area contributed by atoms with Gasteiger partial charge in [-0.3, -0.25) is 4.79 Å². The summed E-state index contributed by atoms with van der Waals surface area (Å²) in [5.74, 6) is 0.542. The lowest BCUT2D eigenvalue weighted by molar-refractivity contribution is 0.0927. The van der Waals surface area contributed by atoms with Crippen LogP contribution in [-0.2, 0) is 6.61 Å². The third-order valence-electron chi connectivity index (χ3n) is 3.53. The molecular formula is C19H12Cl2I2N2O3. The Hall–Kier alpha value is -1.30. The van der Waals surface area contributed by atoms with Crippen LogP contribution in [0.25, 0.3) is 0 Å². The highest BCUT2D eigenvalue weighted by Crippen LogP contribution is 2.30. The van der Waals surface area contributed by atoms with Crippen molar-refractivity contribution in [2.24, 2.45) is 5.10 Å². The zero-order chi connectivity index (χ0) is 20.1. The number of rotatable bonds is 6. The minimum absolute atomic E-state index is 0.200. The normalized spacial score (nSPS) is 11.0. The quantitative estimate of drug-likeness (QED) is 0.200. The Balaban J connectivity index is 1.66. The Morgan fingerprint density at radius 3 is 2.57 bits per heavy atom. The van der Waals surface area contributed by atoms with Crippen molar-refractivity contribution in [1.29, 1.82) is 0 Å². The molecule has 0 fully saturated rings. The van der Waals surface area contributed by atoms with E-state index < -0.39 is 5.91 Å². The van der Waals surface area contributed by atoms with Gasteiger partial charge in [0, 0.05) is 15.6 Å². The average Bonchev–Trinajstić information content (AvgIpc) is 3.17. The van der Waals surface area contributed by atoms with Crippen LogP contribution in [0.4, 0.5) is 0 Å². The minimum atomic E-state index is -0.412. The number of amides is 1. The zero-order valence-electron chi connectivity index (χ0n) is 14.1. The lowest BCUT2D eigenvalue weighted by Crippen LogP contribution is -2.16. The average molecular weight is 641 g/mol. The molecule has 2 aromatic carbocycles. The van der Waals surface area contributed by atoms with Crippen LogP contribution in [0.2, 0.25) is 10.0 Å². The zero-order valence-corrected chi connectivity index (χ0v) is 19.9. The number of carbonyl (C=O) groups excluding carboxylic acids is 1. The van der Waals surface area contributed by atoms with E-state index >= 15 is 0 Å². The summed E-state index contributed by atoms with van der Waals surface area (Å²) in [5, 5.41) is 5.11. The van der Waals surface area contributed by atoms with E-state index in [4.69, 9.17) is 32.4 Å². The third kappa shape index (κ3) is 5.62. The van der Waals surface area contributed by atoms with Crippen molar-refractivity contribution < 1.29 is 13.9 Å². The Morgan fingerprint density at radius 2 is 1.93 bits per heavy atom. The van der Waals surface area contributed by atoms with Crippen LogP contribution in [0.5, 0.6) is 5.75 Å². The molecule has 0 saturated heterocycles. The molecule has 3 rings (SSSR count). The topological polar surface area (TPSA) is 63.8 Å².